The lowest BCUT2D eigenvalue weighted by molar-refractivity contribution is 0.0772. The van der Waals surface area contributed by atoms with Crippen molar-refractivity contribution in [1.29, 1.82) is 0 Å². The molecule has 0 radical (unpaired) electrons. The van der Waals surface area contributed by atoms with Crippen LogP contribution in [0.2, 0.25) is 0 Å². The van der Waals surface area contributed by atoms with E-state index in [-0.39, 0.29) is 0 Å². The highest BCUT2D eigenvalue weighted by Crippen LogP contribution is 2.48. The average Bonchev–Trinajstić information content (AvgIpc) is 3.11. The first kappa shape index (κ1) is 13.5. The van der Waals surface area contributed by atoms with Crippen molar-refractivity contribution in [1.82, 2.24) is 8.61 Å². The quantitative estimate of drug-likeness (QED) is 0.766. The molecule has 0 aromatic heterocycles. The number of nitrogens with zero attached hydrogens (tertiary/aromatic N) is 2. The molecule has 4 aliphatic heterocycles. The maximum atomic E-state index is 12.8. The van der Waals surface area contributed by atoms with Crippen molar-refractivity contribution in [3.63, 3.8) is 0 Å². The molecule has 4 saturated heterocycles. The molecule has 4 aliphatic rings. The van der Waals surface area contributed by atoms with E-state index in [2.05, 4.69) is 6.92 Å². The van der Waals surface area contributed by atoms with Gasteiger partial charge in [-0.05, 0) is 31.6 Å². The number of hydrogen-bond donors (Lipinski definition) is 0. The van der Waals surface area contributed by atoms with Gasteiger partial charge in [0.25, 0.3) is 10.2 Å². The molecule has 4 rings (SSSR count). The molecule has 0 aliphatic carbocycles. The first-order valence-electron chi connectivity index (χ1n) is 7.96. The number of ether oxygens (including phenoxy) is 1. The minimum absolute atomic E-state index is 0.325. The van der Waals surface area contributed by atoms with Crippen LogP contribution in [-0.4, -0.2) is 55.4 Å². The van der Waals surface area contributed by atoms with Crippen LogP contribution in [0.25, 0.3) is 0 Å². The summed E-state index contributed by atoms with van der Waals surface area (Å²) in [6.07, 6.45) is 5.04. The Bertz CT molecular complexity index is 477. The van der Waals surface area contributed by atoms with Gasteiger partial charge in [-0.15, -0.1) is 0 Å². The van der Waals surface area contributed by atoms with Crippen LogP contribution in [0.4, 0.5) is 0 Å². The van der Waals surface area contributed by atoms with E-state index >= 15 is 0 Å². The molecule has 6 heteroatoms. The minimum atomic E-state index is -3.24. The van der Waals surface area contributed by atoms with Gasteiger partial charge >= 0.3 is 0 Å². The highest BCUT2D eigenvalue weighted by molar-refractivity contribution is 7.86. The molecule has 0 aromatic carbocycles. The Morgan fingerprint density at radius 2 is 1.60 bits per heavy atom. The molecule has 4 fully saturated rings. The molecule has 0 spiro atoms. The second kappa shape index (κ2) is 4.66. The third-order valence-electron chi connectivity index (χ3n) is 5.69. The summed E-state index contributed by atoms with van der Waals surface area (Å²) in [5.41, 5.74) is 0. The highest BCUT2D eigenvalue weighted by Gasteiger charge is 2.55. The van der Waals surface area contributed by atoms with Crippen molar-refractivity contribution in [2.75, 3.05) is 26.2 Å². The van der Waals surface area contributed by atoms with Gasteiger partial charge < -0.3 is 4.74 Å². The summed E-state index contributed by atoms with van der Waals surface area (Å²) in [5.74, 6) is 1.39. The van der Waals surface area contributed by atoms with Crippen LogP contribution in [0.1, 0.15) is 32.6 Å². The van der Waals surface area contributed by atoms with Gasteiger partial charge in [0.1, 0.15) is 0 Å². The molecule has 0 N–H and O–H groups in total. The molecular formula is C14H24N2O3S. The zero-order chi connectivity index (χ0) is 13.9. The predicted molar refractivity (Wildman–Crippen MR) is 75.3 cm³/mol. The summed E-state index contributed by atoms with van der Waals surface area (Å²) < 4.78 is 35.0. The SMILES string of the molecule is C[C@H]1CCCN(S(=O)(=O)N2C[C@@H]3[C@H](C2)[C@H]2CC[C@H]3O2)C1. The van der Waals surface area contributed by atoms with Crippen LogP contribution in [-0.2, 0) is 14.9 Å². The van der Waals surface area contributed by atoms with Gasteiger partial charge in [0, 0.05) is 38.0 Å². The minimum Gasteiger partial charge on any atom is -0.374 e. The molecule has 0 saturated carbocycles. The second-order valence-electron chi connectivity index (χ2n) is 7.05. The summed E-state index contributed by atoms with van der Waals surface area (Å²) in [4.78, 5) is 0. The number of piperidine rings is 1. The van der Waals surface area contributed by atoms with Crippen molar-refractivity contribution in [2.45, 2.75) is 44.8 Å². The Hall–Kier alpha value is -0.170. The molecule has 0 amide bonds. The zero-order valence-corrected chi connectivity index (χ0v) is 12.9. The zero-order valence-electron chi connectivity index (χ0n) is 12.1. The Labute approximate surface area is 121 Å². The van der Waals surface area contributed by atoms with Gasteiger partial charge in [-0.3, -0.25) is 0 Å². The van der Waals surface area contributed by atoms with Crippen LogP contribution in [0.15, 0.2) is 0 Å². The van der Waals surface area contributed by atoms with Crippen LogP contribution in [0, 0.1) is 17.8 Å². The molecule has 114 valence electrons. The number of fused-ring (bicyclic) bond motifs is 5. The first-order chi connectivity index (χ1) is 9.55. The Morgan fingerprint density at radius 1 is 0.950 bits per heavy atom. The fourth-order valence-electron chi connectivity index (χ4n) is 4.63. The predicted octanol–water partition coefficient (Wildman–Crippen LogP) is 1.07. The molecule has 4 heterocycles. The van der Waals surface area contributed by atoms with E-state index in [0.717, 1.165) is 25.7 Å². The topological polar surface area (TPSA) is 49.9 Å². The molecule has 2 bridgehead atoms. The van der Waals surface area contributed by atoms with E-state index in [1.807, 2.05) is 0 Å². The van der Waals surface area contributed by atoms with Gasteiger partial charge in [-0.25, -0.2) is 0 Å². The molecular weight excluding hydrogens is 276 g/mol. The smallest absolute Gasteiger partial charge is 0.282 e. The Kier molecular flexibility index (Phi) is 3.15. The summed E-state index contributed by atoms with van der Waals surface area (Å²) >= 11 is 0. The van der Waals surface area contributed by atoms with E-state index < -0.39 is 10.2 Å². The summed E-state index contributed by atoms with van der Waals surface area (Å²) in [6.45, 7) is 4.89. The van der Waals surface area contributed by atoms with Crippen molar-refractivity contribution < 1.29 is 13.2 Å². The normalized spacial score (nSPS) is 46.0. The van der Waals surface area contributed by atoms with Gasteiger partial charge in [-0.1, -0.05) is 6.92 Å². The van der Waals surface area contributed by atoms with Gasteiger partial charge in [-0.2, -0.15) is 17.0 Å². The van der Waals surface area contributed by atoms with E-state index in [1.165, 1.54) is 0 Å². The third-order valence-corrected chi connectivity index (χ3v) is 7.63. The molecule has 0 unspecified atom stereocenters. The van der Waals surface area contributed by atoms with E-state index in [9.17, 15) is 8.42 Å². The highest BCUT2D eigenvalue weighted by atomic mass is 32.2. The third kappa shape index (κ3) is 1.95. The molecule has 20 heavy (non-hydrogen) atoms. The van der Waals surface area contributed by atoms with E-state index in [0.29, 0.717) is 56.1 Å². The average molecular weight is 300 g/mol. The van der Waals surface area contributed by atoms with Crippen molar-refractivity contribution in [3.05, 3.63) is 0 Å². The maximum absolute atomic E-state index is 12.8. The molecule has 5 atom stereocenters. The lowest BCUT2D eigenvalue weighted by atomic mass is 9.82. The van der Waals surface area contributed by atoms with Gasteiger partial charge in [0.2, 0.25) is 0 Å². The lowest BCUT2D eigenvalue weighted by Crippen LogP contribution is -2.47. The standard InChI is InChI=1S/C14H24N2O3S/c1-10-3-2-6-15(7-10)20(17,18)16-8-11-12(9-16)14-5-4-13(11)19-14/h10-14H,2-9H2,1H3/t10-,11-,12+,13+,14+/m0/s1. The first-order valence-corrected chi connectivity index (χ1v) is 9.36. The lowest BCUT2D eigenvalue weighted by Gasteiger charge is -2.33. The van der Waals surface area contributed by atoms with Gasteiger partial charge in [0.05, 0.1) is 12.2 Å². The monoisotopic (exact) mass is 300 g/mol. The van der Waals surface area contributed by atoms with Crippen molar-refractivity contribution in [2.24, 2.45) is 17.8 Å². The van der Waals surface area contributed by atoms with Crippen LogP contribution < -0.4 is 0 Å². The maximum Gasteiger partial charge on any atom is 0.282 e. The second-order valence-corrected chi connectivity index (χ2v) is 8.98. The van der Waals surface area contributed by atoms with Crippen LogP contribution in [0.5, 0.6) is 0 Å². The largest absolute Gasteiger partial charge is 0.374 e. The van der Waals surface area contributed by atoms with E-state index in [1.54, 1.807) is 8.61 Å². The van der Waals surface area contributed by atoms with Crippen LogP contribution in [0.3, 0.4) is 0 Å². The summed E-state index contributed by atoms with van der Waals surface area (Å²) in [6, 6.07) is 0. The molecule has 5 nitrogen and oxygen atoms in total. The number of hydrogen-bond acceptors (Lipinski definition) is 3. The van der Waals surface area contributed by atoms with Crippen molar-refractivity contribution >= 4 is 10.2 Å². The number of rotatable bonds is 2. The Balaban J connectivity index is 1.50. The fraction of sp³-hybridized carbons (Fsp3) is 1.00. The Morgan fingerprint density at radius 3 is 2.20 bits per heavy atom. The summed E-state index contributed by atoms with van der Waals surface area (Å²) in [7, 11) is -3.24. The summed E-state index contributed by atoms with van der Waals surface area (Å²) in [5, 5.41) is 0. The fourth-order valence-corrected chi connectivity index (χ4v) is 6.48. The van der Waals surface area contributed by atoms with Crippen LogP contribution >= 0.6 is 0 Å². The van der Waals surface area contributed by atoms with Crippen molar-refractivity contribution in [3.8, 4) is 0 Å². The molecule has 0 aromatic rings. The van der Waals surface area contributed by atoms with Gasteiger partial charge in [0.15, 0.2) is 0 Å². The van der Waals surface area contributed by atoms with E-state index in [4.69, 9.17) is 4.74 Å².